The van der Waals surface area contributed by atoms with Gasteiger partial charge in [-0.05, 0) is 61.3 Å². The Balaban J connectivity index is 0.000000617. The molecule has 0 bridgehead atoms. The van der Waals surface area contributed by atoms with E-state index in [0.29, 0.717) is 47.5 Å². The van der Waals surface area contributed by atoms with E-state index in [0.717, 1.165) is 41.3 Å². The van der Waals surface area contributed by atoms with Crippen LogP contribution in [-0.2, 0) is 22.6 Å². The van der Waals surface area contributed by atoms with Gasteiger partial charge in [-0.2, -0.15) is 18.4 Å². The van der Waals surface area contributed by atoms with Crippen LogP contribution in [0, 0.1) is 11.3 Å². The number of ether oxygens (including phenoxy) is 1. The van der Waals surface area contributed by atoms with E-state index < -0.39 is 18.1 Å². The molecule has 46 heavy (non-hydrogen) atoms. The molecule has 238 valence electrons. The largest absolute Gasteiger partial charge is 0.490 e. The number of hydrogen-bond acceptors (Lipinski definition) is 7. The van der Waals surface area contributed by atoms with Crippen molar-refractivity contribution < 1.29 is 32.6 Å². The quantitative estimate of drug-likeness (QED) is 0.160. The highest BCUT2D eigenvalue weighted by atomic mass is 19.4. The first-order valence-electron chi connectivity index (χ1n) is 14.2. The fourth-order valence-corrected chi connectivity index (χ4v) is 4.92. The van der Waals surface area contributed by atoms with Gasteiger partial charge in [0.1, 0.15) is 5.69 Å². The molecule has 2 aromatic heterocycles. The average molecular weight is 634 g/mol. The number of carbonyl (C=O) groups excluding carboxylic acids is 1. The van der Waals surface area contributed by atoms with Gasteiger partial charge in [0.2, 0.25) is 0 Å². The lowest BCUT2D eigenvalue weighted by atomic mass is 10.1. The second-order valence-electron chi connectivity index (χ2n) is 10.3. The zero-order valence-corrected chi connectivity index (χ0v) is 24.8. The van der Waals surface area contributed by atoms with Gasteiger partial charge in [0.15, 0.2) is 0 Å². The number of aromatic nitrogens is 3. The fraction of sp³-hybridized carbons (Fsp3) is 0.242. The van der Waals surface area contributed by atoms with Gasteiger partial charge in [-0.25, -0.2) is 14.6 Å². The van der Waals surface area contributed by atoms with Crippen molar-refractivity contribution in [3.05, 3.63) is 100.0 Å². The maximum absolute atomic E-state index is 14.0. The minimum Gasteiger partial charge on any atom is -0.475 e. The second kappa shape index (κ2) is 14.5. The van der Waals surface area contributed by atoms with Gasteiger partial charge in [-0.3, -0.25) is 4.79 Å². The Kier molecular flexibility index (Phi) is 10.6. The molecule has 0 fully saturated rings. The Labute approximate surface area is 261 Å². The number of alkyl halides is 3. The number of carbonyl (C=O) groups is 2. The van der Waals surface area contributed by atoms with Crippen molar-refractivity contribution >= 4 is 33.9 Å². The van der Waals surface area contributed by atoms with Crippen LogP contribution in [0.1, 0.15) is 40.7 Å². The summed E-state index contributed by atoms with van der Waals surface area (Å²) in [5.74, 6) is -3.22. The lowest BCUT2D eigenvalue weighted by Crippen LogP contribution is -2.24. The number of fused-ring (bicyclic) bond motifs is 2. The van der Waals surface area contributed by atoms with Crippen molar-refractivity contribution in [2.45, 2.75) is 38.5 Å². The van der Waals surface area contributed by atoms with Gasteiger partial charge in [0, 0.05) is 35.8 Å². The van der Waals surface area contributed by atoms with Crippen LogP contribution in [0.2, 0.25) is 0 Å². The van der Waals surface area contributed by atoms with Crippen LogP contribution in [0.25, 0.3) is 33.2 Å². The lowest BCUT2D eigenvalue weighted by Gasteiger charge is -2.13. The summed E-state index contributed by atoms with van der Waals surface area (Å²) in [7, 11) is 1.33. The van der Waals surface area contributed by atoms with Crippen LogP contribution in [0.3, 0.4) is 0 Å². The third kappa shape index (κ3) is 7.59. The number of halogens is 3. The number of aliphatic carboxylic acids is 1. The molecule has 3 aromatic carbocycles. The number of para-hydroxylation sites is 1. The van der Waals surface area contributed by atoms with Crippen LogP contribution >= 0.6 is 0 Å². The Hall–Kier alpha value is -5.48. The summed E-state index contributed by atoms with van der Waals surface area (Å²) in [6.07, 6.45) is -0.567. The number of methoxy groups -OCH3 is 1. The fourth-order valence-electron chi connectivity index (χ4n) is 4.92. The van der Waals surface area contributed by atoms with E-state index in [9.17, 15) is 22.8 Å². The molecule has 5 rings (SSSR count). The molecule has 0 saturated carbocycles. The number of nitrogens with two attached hydrogens (primary N) is 1. The zero-order valence-electron chi connectivity index (χ0n) is 24.8. The van der Waals surface area contributed by atoms with E-state index in [-0.39, 0.29) is 5.56 Å². The molecule has 0 radical (unpaired) electrons. The molecule has 0 amide bonds. The van der Waals surface area contributed by atoms with E-state index in [4.69, 9.17) is 30.6 Å². The molecule has 2 heterocycles. The Morgan fingerprint density at radius 2 is 1.72 bits per heavy atom. The molecule has 3 N–H and O–H groups in total. The molecule has 10 nitrogen and oxygen atoms in total. The van der Waals surface area contributed by atoms with E-state index >= 15 is 0 Å². The number of carboxylic acid groups (broad SMARTS) is 1. The molecule has 0 atom stereocenters. The molecule has 0 spiro atoms. The standard InChI is InChI=1S/C31H29N5O3.C2HF3O2/c1-39-31(38)23-13-14-26-28(17-23)36(16-6-2-5-15-32)30(37)29(34-26)25-20-35(27-8-4-3-7-24(25)27)19-22-11-9-21(18-33)10-12-22;3-2(4,5)1(6)7/h3-4,7-14,17,20H,2,5-6,15-16,19,32H2,1H3;(H,6,7). The van der Waals surface area contributed by atoms with Crippen molar-refractivity contribution in [2.75, 3.05) is 13.7 Å². The minimum absolute atomic E-state index is 0.210. The second-order valence-corrected chi connectivity index (χ2v) is 10.3. The smallest absolute Gasteiger partial charge is 0.475 e. The summed E-state index contributed by atoms with van der Waals surface area (Å²) in [4.78, 5) is 39.9. The van der Waals surface area contributed by atoms with Crippen molar-refractivity contribution in [2.24, 2.45) is 5.73 Å². The van der Waals surface area contributed by atoms with E-state index in [1.165, 1.54) is 7.11 Å². The van der Waals surface area contributed by atoms with Crippen LogP contribution in [0.15, 0.2) is 77.7 Å². The van der Waals surface area contributed by atoms with Crippen molar-refractivity contribution in [3.63, 3.8) is 0 Å². The number of nitriles is 1. The number of benzene rings is 3. The van der Waals surface area contributed by atoms with E-state index in [1.54, 1.807) is 34.9 Å². The highest BCUT2D eigenvalue weighted by Gasteiger charge is 2.38. The first-order chi connectivity index (χ1) is 22.0. The van der Waals surface area contributed by atoms with Crippen LogP contribution < -0.4 is 11.3 Å². The average Bonchev–Trinajstić information content (AvgIpc) is 3.41. The van der Waals surface area contributed by atoms with Crippen molar-refractivity contribution in [3.8, 4) is 17.3 Å². The molecule has 5 aromatic rings. The third-order valence-corrected chi connectivity index (χ3v) is 7.18. The zero-order chi connectivity index (χ0) is 33.4. The maximum atomic E-state index is 14.0. The molecule has 13 heteroatoms. The molecular formula is C33H30F3N5O5. The van der Waals surface area contributed by atoms with E-state index in [1.807, 2.05) is 42.6 Å². The Bertz CT molecular complexity index is 1980. The molecule has 0 saturated heterocycles. The first kappa shape index (κ1) is 33.4. The van der Waals surface area contributed by atoms with Gasteiger partial charge in [0.05, 0.1) is 35.3 Å². The molecule has 0 aliphatic heterocycles. The normalized spacial score (nSPS) is 11.1. The number of hydrogen-bond donors (Lipinski definition) is 2. The van der Waals surface area contributed by atoms with Crippen LogP contribution in [0.4, 0.5) is 13.2 Å². The van der Waals surface area contributed by atoms with Crippen molar-refractivity contribution in [1.29, 1.82) is 5.26 Å². The van der Waals surface area contributed by atoms with Crippen molar-refractivity contribution in [1.82, 2.24) is 14.1 Å². The highest BCUT2D eigenvalue weighted by Crippen LogP contribution is 2.30. The Morgan fingerprint density at radius 3 is 2.35 bits per heavy atom. The lowest BCUT2D eigenvalue weighted by molar-refractivity contribution is -0.192. The predicted molar refractivity (Wildman–Crippen MR) is 165 cm³/mol. The predicted octanol–water partition coefficient (Wildman–Crippen LogP) is 5.49. The van der Waals surface area contributed by atoms with Gasteiger partial charge < -0.3 is 24.7 Å². The topological polar surface area (TPSA) is 153 Å². The number of carboxylic acids is 1. The SMILES string of the molecule is COC(=O)c1ccc2nc(-c3cn(Cc4ccc(C#N)cc4)c4ccccc34)c(=O)n(CCCCCN)c2c1.O=C(O)C(F)(F)F. The number of unbranched alkanes of at least 4 members (excludes halogenated alkanes) is 2. The number of esters is 1. The number of aryl methyl sites for hydroxylation is 1. The summed E-state index contributed by atoms with van der Waals surface area (Å²) in [5.41, 5.74) is 10.8. The van der Waals surface area contributed by atoms with Gasteiger partial charge in [0.25, 0.3) is 5.56 Å². The third-order valence-electron chi connectivity index (χ3n) is 7.18. The van der Waals surface area contributed by atoms with Gasteiger partial charge >= 0.3 is 18.1 Å². The first-order valence-corrected chi connectivity index (χ1v) is 14.2. The van der Waals surface area contributed by atoms with Crippen LogP contribution in [-0.4, -0.2) is 51.0 Å². The minimum atomic E-state index is -5.08. The molecular weight excluding hydrogens is 603 g/mol. The van der Waals surface area contributed by atoms with E-state index in [2.05, 4.69) is 10.6 Å². The summed E-state index contributed by atoms with van der Waals surface area (Å²) < 4.78 is 40.4. The summed E-state index contributed by atoms with van der Waals surface area (Å²) in [6, 6.07) is 22.7. The summed E-state index contributed by atoms with van der Waals surface area (Å²) >= 11 is 0. The summed E-state index contributed by atoms with van der Waals surface area (Å²) in [6.45, 7) is 1.66. The molecule has 0 aliphatic rings. The molecule has 0 unspecified atom stereocenters. The monoisotopic (exact) mass is 633 g/mol. The summed E-state index contributed by atoms with van der Waals surface area (Å²) in [5, 5.41) is 17.2. The van der Waals surface area contributed by atoms with Crippen LogP contribution in [0.5, 0.6) is 0 Å². The Morgan fingerprint density at radius 1 is 1.02 bits per heavy atom. The number of rotatable bonds is 9. The highest BCUT2D eigenvalue weighted by molar-refractivity contribution is 5.97. The number of nitrogens with zero attached hydrogens (tertiary/aromatic N) is 4. The molecule has 0 aliphatic carbocycles. The maximum Gasteiger partial charge on any atom is 0.490 e. The van der Waals surface area contributed by atoms with Gasteiger partial charge in [-0.15, -0.1) is 0 Å². The van der Waals surface area contributed by atoms with Gasteiger partial charge in [-0.1, -0.05) is 36.8 Å².